The maximum Gasteiger partial charge on any atom is 0.119 e. The van der Waals surface area contributed by atoms with Gasteiger partial charge in [0.05, 0.1) is 7.11 Å². The molecule has 0 aromatic heterocycles. The summed E-state index contributed by atoms with van der Waals surface area (Å²) in [6.45, 7) is 3.40. The van der Waals surface area contributed by atoms with Crippen molar-refractivity contribution in [2.24, 2.45) is 5.92 Å². The molecule has 20 heavy (non-hydrogen) atoms. The Bertz CT molecular complexity index is 385. The second-order valence-electron chi connectivity index (χ2n) is 6.00. The van der Waals surface area contributed by atoms with Crippen molar-refractivity contribution in [1.82, 2.24) is 5.32 Å². The summed E-state index contributed by atoms with van der Waals surface area (Å²) in [5.74, 6) is 1.87. The maximum absolute atomic E-state index is 5.31. The third-order valence-electron chi connectivity index (χ3n) is 4.50. The second kappa shape index (κ2) is 8.31. The van der Waals surface area contributed by atoms with Crippen molar-refractivity contribution in [3.05, 3.63) is 29.8 Å². The lowest BCUT2D eigenvalue weighted by atomic mass is 9.92. The summed E-state index contributed by atoms with van der Waals surface area (Å²) < 4.78 is 5.31. The van der Waals surface area contributed by atoms with Gasteiger partial charge in [-0.3, -0.25) is 0 Å². The number of hydrogen-bond acceptors (Lipinski definition) is 2. The molecule has 1 atom stereocenters. The molecule has 0 spiro atoms. The number of rotatable bonds is 8. The fraction of sp³-hybridized carbons (Fsp3) is 0.667. The minimum absolute atomic E-state index is 0.698. The summed E-state index contributed by atoms with van der Waals surface area (Å²) in [4.78, 5) is 0. The van der Waals surface area contributed by atoms with Crippen LogP contribution < -0.4 is 10.1 Å². The molecule has 112 valence electrons. The van der Waals surface area contributed by atoms with Crippen LogP contribution in [-0.4, -0.2) is 19.7 Å². The van der Waals surface area contributed by atoms with Crippen molar-refractivity contribution < 1.29 is 4.74 Å². The molecule has 0 amide bonds. The van der Waals surface area contributed by atoms with Gasteiger partial charge in [-0.1, -0.05) is 31.9 Å². The van der Waals surface area contributed by atoms with E-state index >= 15 is 0 Å². The zero-order valence-electron chi connectivity index (χ0n) is 13.0. The van der Waals surface area contributed by atoms with Crippen LogP contribution in [0.15, 0.2) is 24.3 Å². The van der Waals surface area contributed by atoms with E-state index in [0.29, 0.717) is 6.04 Å². The molecule has 1 unspecified atom stereocenters. The molecule has 0 heterocycles. The van der Waals surface area contributed by atoms with Crippen molar-refractivity contribution in [3.63, 3.8) is 0 Å². The van der Waals surface area contributed by atoms with Gasteiger partial charge in [0.2, 0.25) is 0 Å². The van der Waals surface area contributed by atoms with Gasteiger partial charge in [-0.2, -0.15) is 0 Å². The van der Waals surface area contributed by atoms with Crippen LogP contribution in [0, 0.1) is 5.92 Å². The maximum atomic E-state index is 5.31. The predicted octanol–water partition coefficient (Wildman–Crippen LogP) is 4.19. The molecule has 1 N–H and O–H groups in total. The largest absolute Gasteiger partial charge is 0.497 e. The van der Waals surface area contributed by atoms with Gasteiger partial charge >= 0.3 is 0 Å². The van der Waals surface area contributed by atoms with Gasteiger partial charge in [0, 0.05) is 6.04 Å². The summed E-state index contributed by atoms with van der Waals surface area (Å²) in [5, 5.41) is 3.78. The molecular weight excluding hydrogens is 246 g/mol. The highest BCUT2D eigenvalue weighted by Gasteiger charge is 2.24. The first-order valence-electron chi connectivity index (χ1n) is 8.19. The van der Waals surface area contributed by atoms with Crippen LogP contribution in [0.3, 0.4) is 0 Å². The smallest absolute Gasteiger partial charge is 0.119 e. The zero-order valence-corrected chi connectivity index (χ0v) is 13.0. The second-order valence-corrected chi connectivity index (χ2v) is 6.00. The van der Waals surface area contributed by atoms with E-state index in [0.717, 1.165) is 24.6 Å². The minimum Gasteiger partial charge on any atom is -0.497 e. The van der Waals surface area contributed by atoms with Crippen molar-refractivity contribution >= 4 is 0 Å². The Morgan fingerprint density at radius 1 is 1.30 bits per heavy atom. The molecular formula is C18H29NO. The van der Waals surface area contributed by atoms with Gasteiger partial charge in [0.15, 0.2) is 0 Å². The Balaban J connectivity index is 1.89. The number of methoxy groups -OCH3 is 1. The van der Waals surface area contributed by atoms with Gasteiger partial charge in [-0.25, -0.2) is 0 Å². The van der Waals surface area contributed by atoms with Gasteiger partial charge in [0.1, 0.15) is 5.75 Å². The lowest BCUT2D eigenvalue weighted by molar-refractivity contribution is 0.340. The summed E-state index contributed by atoms with van der Waals surface area (Å²) in [6, 6.07) is 9.20. The molecule has 2 rings (SSSR count). The van der Waals surface area contributed by atoms with E-state index in [1.807, 2.05) is 6.07 Å². The fourth-order valence-corrected chi connectivity index (χ4v) is 3.34. The average Bonchev–Trinajstić information content (AvgIpc) is 3.02. The summed E-state index contributed by atoms with van der Waals surface area (Å²) in [7, 11) is 1.74. The van der Waals surface area contributed by atoms with E-state index < -0.39 is 0 Å². The fourth-order valence-electron chi connectivity index (χ4n) is 3.34. The van der Waals surface area contributed by atoms with Gasteiger partial charge < -0.3 is 10.1 Å². The highest BCUT2D eigenvalue weighted by atomic mass is 16.5. The standard InChI is InChI=1S/C18H29NO/c1-3-13-19-18(16-8-4-5-9-16)12-11-15-7-6-10-17(14-15)20-2/h6-7,10,14,16,18-19H,3-5,8-9,11-13H2,1-2H3. The third kappa shape index (κ3) is 4.52. The Labute approximate surface area is 123 Å². The molecule has 0 bridgehead atoms. The Morgan fingerprint density at radius 3 is 2.80 bits per heavy atom. The van der Waals surface area contributed by atoms with Crippen LogP contribution >= 0.6 is 0 Å². The summed E-state index contributed by atoms with van der Waals surface area (Å²) in [5.41, 5.74) is 1.39. The topological polar surface area (TPSA) is 21.3 Å². The van der Waals surface area contributed by atoms with E-state index in [1.54, 1.807) is 7.11 Å². The third-order valence-corrected chi connectivity index (χ3v) is 4.50. The van der Waals surface area contributed by atoms with Crippen molar-refractivity contribution in [2.45, 2.75) is 57.9 Å². The van der Waals surface area contributed by atoms with Crippen molar-refractivity contribution in [1.29, 1.82) is 0 Å². The van der Waals surface area contributed by atoms with Gasteiger partial charge in [0.25, 0.3) is 0 Å². The molecule has 1 aliphatic carbocycles. The first-order valence-corrected chi connectivity index (χ1v) is 8.19. The SMILES string of the molecule is CCCNC(CCc1cccc(OC)c1)C1CCCC1. The van der Waals surface area contributed by atoms with Crippen molar-refractivity contribution in [3.8, 4) is 5.75 Å². The number of ether oxygens (including phenoxy) is 1. The highest BCUT2D eigenvalue weighted by molar-refractivity contribution is 5.28. The lowest BCUT2D eigenvalue weighted by Gasteiger charge is -2.25. The summed E-state index contributed by atoms with van der Waals surface area (Å²) in [6.07, 6.45) is 9.30. The minimum atomic E-state index is 0.698. The average molecular weight is 275 g/mol. The number of aryl methyl sites for hydroxylation is 1. The number of benzene rings is 1. The number of nitrogens with one attached hydrogen (secondary N) is 1. The first kappa shape index (κ1) is 15.4. The number of hydrogen-bond donors (Lipinski definition) is 1. The molecule has 0 saturated heterocycles. The van der Waals surface area contributed by atoms with Crippen LogP contribution in [-0.2, 0) is 6.42 Å². The highest BCUT2D eigenvalue weighted by Crippen LogP contribution is 2.29. The normalized spacial score (nSPS) is 17.3. The molecule has 1 aromatic rings. The Kier molecular flexibility index (Phi) is 6.38. The Hall–Kier alpha value is -1.02. The molecule has 2 heteroatoms. The quantitative estimate of drug-likeness (QED) is 0.768. The molecule has 0 radical (unpaired) electrons. The Morgan fingerprint density at radius 2 is 2.10 bits per heavy atom. The van der Waals surface area contributed by atoms with Crippen molar-refractivity contribution in [2.75, 3.05) is 13.7 Å². The molecule has 1 aromatic carbocycles. The van der Waals surface area contributed by atoms with Gasteiger partial charge in [-0.15, -0.1) is 0 Å². The first-order chi connectivity index (χ1) is 9.83. The predicted molar refractivity (Wildman–Crippen MR) is 85.4 cm³/mol. The monoisotopic (exact) mass is 275 g/mol. The van der Waals surface area contributed by atoms with E-state index in [4.69, 9.17) is 4.74 Å². The zero-order chi connectivity index (χ0) is 14.2. The molecule has 0 aliphatic heterocycles. The van der Waals surface area contributed by atoms with Crippen LogP contribution in [0.4, 0.5) is 0 Å². The molecule has 1 aliphatic rings. The van der Waals surface area contributed by atoms with Crippen LogP contribution in [0.1, 0.15) is 51.0 Å². The van der Waals surface area contributed by atoms with Crippen LogP contribution in [0.5, 0.6) is 5.75 Å². The molecule has 1 saturated carbocycles. The van der Waals surface area contributed by atoms with Gasteiger partial charge in [-0.05, 0) is 62.3 Å². The molecule has 1 fully saturated rings. The van der Waals surface area contributed by atoms with E-state index in [2.05, 4.69) is 30.4 Å². The summed E-state index contributed by atoms with van der Waals surface area (Å²) >= 11 is 0. The van der Waals surface area contributed by atoms with Crippen LogP contribution in [0.2, 0.25) is 0 Å². The van der Waals surface area contributed by atoms with E-state index in [-0.39, 0.29) is 0 Å². The lowest BCUT2D eigenvalue weighted by Crippen LogP contribution is -2.36. The van der Waals surface area contributed by atoms with Crippen LogP contribution in [0.25, 0.3) is 0 Å². The van der Waals surface area contributed by atoms with E-state index in [1.165, 1.54) is 44.1 Å². The molecule has 2 nitrogen and oxygen atoms in total. The van der Waals surface area contributed by atoms with E-state index in [9.17, 15) is 0 Å².